The summed E-state index contributed by atoms with van der Waals surface area (Å²) in [6.45, 7) is 0. The molecule has 0 fully saturated rings. The SMILES string of the molecule is O=c1[nH]c(-c2ccc3ccccc3c2)ns1. The van der Waals surface area contributed by atoms with Crippen molar-refractivity contribution < 1.29 is 0 Å². The zero-order valence-corrected chi connectivity index (χ0v) is 9.12. The molecule has 0 bridgehead atoms. The van der Waals surface area contributed by atoms with Gasteiger partial charge in [0.05, 0.1) is 0 Å². The molecule has 4 heteroatoms. The Labute approximate surface area is 95.6 Å². The van der Waals surface area contributed by atoms with Gasteiger partial charge in [0, 0.05) is 17.1 Å². The minimum atomic E-state index is -0.122. The fourth-order valence-electron chi connectivity index (χ4n) is 1.69. The Bertz CT molecular complexity index is 699. The molecule has 3 nitrogen and oxygen atoms in total. The van der Waals surface area contributed by atoms with Gasteiger partial charge in [-0.2, -0.15) is 4.37 Å². The molecule has 0 unspecified atom stereocenters. The molecule has 0 amide bonds. The predicted octanol–water partition coefficient (Wildman–Crippen LogP) is 2.65. The van der Waals surface area contributed by atoms with Crippen LogP contribution in [0.2, 0.25) is 0 Å². The summed E-state index contributed by atoms with van der Waals surface area (Å²) in [4.78, 5) is 13.6. The highest BCUT2D eigenvalue weighted by Crippen LogP contribution is 2.21. The predicted molar refractivity (Wildman–Crippen MR) is 65.7 cm³/mol. The lowest BCUT2D eigenvalue weighted by Crippen LogP contribution is -1.92. The molecule has 0 aliphatic rings. The van der Waals surface area contributed by atoms with Crippen LogP contribution in [-0.2, 0) is 0 Å². The Morgan fingerprint density at radius 1 is 1.06 bits per heavy atom. The minimum absolute atomic E-state index is 0.122. The molecule has 0 aliphatic carbocycles. The highest BCUT2D eigenvalue weighted by Gasteiger charge is 2.03. The molecule has 78 valence electrons. The van der Waals surface area contributed by atoms with Gasteiger partial charge in [0.15, 0.2) is 5.82 Å². The molecule has 0 spiro atoms. The average Bonchev–Trinajstić information content (AvgIpc) is 2.75. The lowest BCUT2D eigenvalue weighted by atomic mass is 10.1. The van der Waals surface area contributed by atoms with Gasteiger partial charge in [-0.05, 0) is 16.8 Å². The van der Waals surface area contributed by atoms with Gasteiger partial charge in [-0.25, -0.2) is 0 Å². The van der Waals surface area contributed by atoms with Crippen LogP contribution in [0.5, 0.6) is 0 Å². The molecule has 16 heavy (non-hydrogen) atoms. The number of hydrogen-bond acceptors (Lipinski definition) is 3. The van der Waals surface area contributed by atoms with Crippen LogP contribution >= 0.6 is 11.5 Å². The van der Waals surface area contributed by atoms with Crippen molar-refractivity contribution in [3.8, 4) is 11.4 Å². The molecule has 0 radical (unpaired) electrons. The number of benzene rings is 2. The number of nitrogens with zero attached hydrogens (tertiary/aromatic N) is 1. The fourth-order valence-corrected chi connectivity index (χ4v) is 2.16. The van der Waals surface area contributed by atoms with E-state index in [2.05, 4.69) is 15.4 Å². The van der Waals surface area contributed by atoms with Crippen molar-refractivity contribution in [1.29, 1.82) is 0 Å². The van der Waals surface area contributed by atoms with Crippen LogP contribution in [0.1, 0.15) is 0 Å². The summed E-state index contributed by atoms with van der Waals surface area (Å²) in [6.07, 6.45) is 0. The highest BCUT2D eigenvalue weighted by molar-refractivity contribution is 7.03. The first-order chi connectivity index (χ1) is 7.83. The Morgan fingerprint density at radius 3 is 2.62 bits per heavy atom. The number of nitrogens with one attached hydrogen (secondary N) is 1. The maximum Gasteiger partial charge on any atom is 0.323 e. The van der Waals surface area contributed by atoms with Gasteiger partial charge in [0.1, 0.15) is 0 Å². The fraction of sp³-hybridized carbons (Fsp3) is 0. The third-order valence-corrected chi connectivity index (χ3v) is 3.00. The van der Waals surface area contributed by atoms with Crippen molar-refractivity contribution in [2.24, 2.45) is 0 Å². The molecular formula is C12H8N2OS. The zero-order valence-electron chi connectivity index (χ0n) is 8.31. The molecule has 0 saturated carbocycles. The number of aromatic amines is 1. The number of rotatable bonds is 1. The standard InChI is InChI=1S/C12H8N2OS/c15-12-13-11(14-16-12)10-6-5-8-3-1-2-4-9(8)7-10/h1-7H,(H,13,14,15). The number of fused-ring (bicyclic) bond motifs is 1. The second kappa shape index (κ2) is 3.57. The van der Waals surface area contributed by atoms with Gasteiger partial charge in [-0.3, -0.25) is 9.78 Å². The number of aromatic nitrogens is 2. The Balaban J connectivity index is 2.22. The Hall–Kier alpha value is -1.94. The van der Waals surface area contributed by atoms with E-state index in [-0.39, 0.29) is 4.87 Å². The van der Waals surface area contributed by atoms with Crippen LogP contribution in [0.15, 0.2) is 47.3 Å². The second-order valence-electron chi connectivity index (χ2n) is 3.51. The molecule has 3 aromatic rings. The Morgan fingerprint density at radius 2 is 1.88 bits per heavy atom. The topological polar surface area (TPSA) is 45.8 Å². The summed E-state index contributed by atoms with van der Waals surface area (Å²) in [7, 11) is 0. The van der Waals surface area contributed by atoms with Gasteiger partial charge in [-0.15, -0.1) is 0 Å². The maximum atomic E-state index is 11.0. The van der Waals surface area contributed by atoms with E-state index in [0.29, 0.717) is 5.82 Å². The molecule has 0 atom stereocenters. The van der Waals surface area contributed by atoms with Crippen molar-refractivity contribution >= 4 is 22.3 Å². The van der Waals surface area contributed by atoms with Crippen molar-refractivity contribution in [3.63, 3.8) is 0 Å². The van der Waals surface area contributed by atoms with Crippen molar-refractivity contribution in [2.75, 3.05) is 0 Å². The molecular weight excluding hydrogens is 220 g/mol. The minimum Gasteiger partial charge on any atom is -0.296 e. The van der Waals surface area contributed by atoms with E-state index in [9.17, 15) is 4.79 Å². The van der Waals surface area contributed by atoms with Gasteiger partial charge >= 0.3 is 4.87 Å². The quantitative estimate of drug-likeness (QED) is 0.696. The molecule has 2 aromatic carbocycles. The maximum absolute atomic E-state index is 11.0. The molecule has 1 N–H and O–H groups in total. The largest absolute Gasteiger partial charge is 0.323 e. The molecule has 0 aliphatic heterocycles. The van der Waals surface area contributed by atoms with Gasteiger partial charge in [0.2, 0.25) is 0 Å². The first-order valence-corrected chi connectivity index (χ1v) is 5.65. The average molecular weight is 228 g/mol. The first-order valence-electron chi connectivity index (χ1n) is 4.88. The first kappa shape index (κ1) is 9.30. The lowest BCUT2D eigenvalue weighted by Gasteiger charge is -1.99. The van der Waals surface area contributed by atoms with Crippen LogP contribution in [-0.4, -0.2) is 9.36 Å². The monoisotopic (exact) mass is 228 g/mol. The van der Waals surface area contributed by atoms with E-state index in [1.807, 2.05) is 36.4 Å². The van der Waals surface area contributed by atoms with Crippen molar-refractivity contribution in [1.82, 2.24) is 9.36 Å². The highest BCUT2D eigenvalue weighted by atomic mass is 32.1. The molecule has 3 rings (SSSR count). The summed E-state index contributed by atoms with van der Waals surface area (Å²) in [5.41, 5.74) is 0.942. The van der Waals surface area contributed by atoms with Crippen molar-refractivity contribution in [2.45, 2.75) is 0 Å². The summed E-state index contributed by atoms with van der Waals surface area (Å²) in [6, 6.07) is 14.1. The number of hydrogen-bond donors (Lipinski definition) is 1. The van der Waals surface area contributed by atoms with Crippen LogP contribution in [0.3, 0.4) is 0 Å². The number of H-pyrrole nitrogens is 1. The van der Waals surface area contributed by atoms with Crippen LogP contribution < -0.4 is 4.87 Å². The second-order valence-corrected chi connectivity index (χ2v) is 4.24. The summed E-state index contributed by atoms with van der Waals surface area (Å²) in [5, 5.41) is 2.33. The summed E-state index contributed by atoms with van der Waals surface area (Å²) >= 11 is 0.944. The molecule has 1 aromatic heterocycles. The zero-order chi connectivity index (χ0) is 11.0. The van der Waals surface area contributed by atoms with Gasteiger partial charge in [-0.1, -0.05) is 36.4 Å². The van der Waals surface area contributed by atoms with Crippen LogP contribution in [0.4, 0.5) is 0 Å². The van der Waals surface area contributed by atoms with Crippen LogP contribution in [0, 0.1) is 0 Å². The van der Waals surface area contributed by atoms with Gasteiger partial charge in [0.25, 0.3) is 0 Å². The normalized spacial score (nSPS) is 10.8. The summed E-state index contributed by atoms with van der Waals surface area (Å²) < 4.78 is 4.07. The third kappa shape index (κ3) is 1.53. The van der Waals surface area contributed by atoms with E-state index in [0.717, 1.165) is 22.5 Å². The molecule has 1 heterocycles. The summed E-state index contributed by atoms with van der Waals surface area (Å²) in [5.74, 6) is 0.640. The lowest BCUT2D eigenvalue weighted by molar-refractivity contribution is 1.29. The van der Waals surface area contributed by atoms with E-state index in [1.165, 1.54) is 5.39 Å². The van der Waals surface area contributed by atoms with Crippen LogP contribution in [0.25, 0.3) is 22.2 Å². The van der Waals surface area contributed by atoms with E-state index >= 15 is 0 Å². The molecule has 0 saturated heterocycles. The van der Waals surface area contributed by atoms with E-state index in [4.69, 9.17) is 0 Å². The van der Waals surface area contributed by atoms with E-state index < -0.39 is 0 Å². The Kier molecular flexibility index (Phi) is 2.08. The van der Waals surface area contributed by atoms with Crippen molar-refractivity contribution in [3.05, 3.63) is 52.1 Å². The third-order valence-electron chi connectivity index (χ3n) is 2.46. The van der Waals surface area contributed by atoms with E-state index in [1.54, 1.807) is 0 Å². The van der Waals surface area contributed by atoms with Gasteiger partial charge < -0.3 is 0 Å². The smallest absolute Gasteiger partial charge is 0.296 e.